The number of hydrogen-bond donors (Lipinski definition) is 0. The maximum Gasteiger partial charge on any atom is 0.153 e. The van der Waals surface area contributed by atoms with Crippen molar-refractivity contribution in [3.05, 3.63) is 0 Å². The predicted molar refractivity (Wildman–Crippen MR) is 80.0 cm³/mol. The van der Waals surface area contributed by atoms with Crippen LogP contribution in [0.5, 0.6) is 0 Å². The summed E-state index contributed by atoms with van der Waals surface area (Å²) in [4.78, 5) is 2.30. The number of rotatable bonds is 3. The summed E-state index contributed by atoms with van der Waals surface area (Å²) in [5.74, 6) is 1.29. The highest BCUT2D eigenvalue weighted by Gasteiger charge is 2.39. The number of hydrogen-bond acceptors (Lipinski definition) is 4. The molecule has 1 heterocycles. The van der Waals surface area contributed by atoms with Gasteiger partial charge >= 0.3 is 0 Å². The Kier molecular flexibility index (Phi) is 5.09. The molecular formula is C15H26N2O2S. The molecule has 0 radical (unpaired) electrons. The van der Waals surface area contributed by atoms with Gasteiger partial charge in [0.15, 0.2) is 9.84 Å². The molecule has 0 spiro atoms. The van der Waals surface area contributed by atoms with Gasteiger partial charge in [0.05, 0.1) is 23.5 Å². The van der Waals surface area contributed by atoms with Gasteiger partial charge in [-0.1, -0.05) is 19.8 Å². The molecule has 0 aromatic carbocycles. The fourth-order valence-electron chi connectivity index (χ4n) is 3.92. The Morgan fingerprint density at radius 3 is 2.70 bits per heavy atom. The standard InChI is InChI=1S/C15H26N2O2S/c1-3-4-13-5-6-14(10-16)15(9-13)17-7-8-20(18,19)11-12(17)2/h12-15H,3-9,11H2,1-2H3. The fraction of sp³-hybridized carbons (Fsp3) is 0.933. The third-order valence-corrected chi connectivity index (χ3v) is 6.73. The van der Waals surface area contributed by atoms with E-state index in [2.05, 4.69) is 17.9 Å². The van der Waals surface area contributed by atoms with Crippen molar-refractivity contribution in [1.29, 1.82) is 5.26 Å². The zero-order chi connectivity index (χ0) is 14.8. The Labute approximate surface area is 123 Å². The highest BCUT2D eigenvalue weighted by molar-refractivity contribution is 7.91. The number of sulfone groups is 1. The third-order valence-electron chi connectivity index (χ3n) is 4.94. The van der Waals surface area contributed by atoms with E-state index >= 15 is 0 Å². The van der Waals surface area contributed by atoms with Gasteiger partial charge in [-0.05, 0) is 32.1 Å². The van der Waals surface area contributed by atoms with E-state index in [1.807, 2.05) is 6.92 Å². The summed E-state index contributed by atoms with van der Waals surface area (Å²) >= 11 is 0. The second kappa shape index (κ2) is 6.44. The van der Waals surface area contributed by atoms with Crippen molar-refractivity contribution in [2.75, 3.05) is 18.1 Å². The van der Waals surface area contributed by atoms with Crippen LogP contribution in [0.25, 0.3) is 0 Å². The minimum atomic E-state index is -2.88. The van der Waals surface area contributed by atoms with Gasteiger partial charge in [0.1, 0.15) is 0 Å². The Bertz CT molecular complexity index is 469. The smallest absolute Gasteiger partial charge is 0.153 e. The van der Waals surface area contributed by atoms with Gasteiger partial charge in [0, 0.05) is 18.6 Å². The molecule has 4 unspecified atom stereocenters. The second-order valence-corrected chi connectivity index (χ2v) is 8.70. The van der Waals surface area contributed by atoms with Gasteiger partial charge in [0.2, 0.25) is 0 Å². The van der Waals surface area contributed by atoms with E-state index in [1.165, 1.54) is 12.8 Å². The van der Waals surface area contributed by atoms with Gasteiger partial charge < -0.3 is 0 Å². The van der Waals surface area contributed by atoms with Crippen molar-refractivity contribution >= 4 is 9.84 Å². The monoisotopic (exact) mass is 298 g/mol. The second-order valence-electron chi connectivity index (χ2n) is 6.47. The Hall–Kier alpha value is -0.600. The van der Waals surface area contributed by atoms with E-state index in [0.29, 0.717) is 12.5 Å². The SMILES string of the molecule is CCCC1CCC(C#N)C(N2CCS(=O)(=O)CC2C)C1. The molecule has 114 valence electrons. The first-order valence-corrected chi connectivity index (χ1v) is 9.64. The van der Waals surface area contributed by atoms with Crippen molar-refractivity contribution < 1.29 is 8.42 Å². The van der Waals surface area contributed by atoms with Crippen molar-refractivity contribution in [3.8, 4) is 6.07 Å². The first-order valence-electron chi connectivity index (χ1n) is 7.82. The highest BCUT2D eigenvalue weighted by Crippen LogP contribution is 2.36. The lowest BCUT2D eigenvalue weighted by Gasteiger charge is -2.45. The van der Waals surface area contributed by atoms with Crippen LogP contribution < -0.4 is 0 Å². The lowest BCUT2D eigenvalue weighted by atomic mass is 9.76. The highest BCUT2D eigenvalue weighted by atomic mass is 32.2. The summed E-state index contributed by atoms with van der Waals surface area (Å²) in [6, 6.07) is 2.78. The number of nitrogens with zero attached hydrogens (tertiary/aromatic N) is 2. The lowest BCUT2D eigenvalue weighted by Crippen LogP contribution is -2.55. The summed E-state index contributed by atoms with van der Waals surface area (Å²) in [6.07, 6.45) is 5.62. The van der Waals surface area contributed by atoms with E-state index in [9.17, 15) is 13.7 Å². The van der Waals surface area contributed by atoms with E-state index in [0.717, 1.165) is 19.3 Å². The van der Waals surface area contributed by atoms with Crippen molar-refractivity contribution in [3.63, 3.8) is 0 Å². The lowest BCUT2D eigenvalue weighted by molar-refractivity contribution is 0.0748. The molecule has 0 amide bonds. The number of nitriles is 1. The van der Waals surface area contributed by atoms with Crippen LogP contribution in [0.4, 0.5) is 0 Å². The summed E-state index contributed by atoms with van der Waals surface area (Å²) in [5.41, 5.74) is 0. The molecule has 0 aromatic heterocycles. The van der Waals surface area contributed by atoms with Crippen molar-refractivity contribution in [2.45, 2.75) is 58.0 Å². The normalized spacial score (nSPS) is 38.2. The summed E-state index contributed by atoms with van der Waals surface area (Å²) < 4.78 is 23.4. The molecule has 1 saturated carbocycles. The Morgan fingerprint density at radius 1 is 1.35 bits per heavy atom. The van der Waals surface area contributed by atoms with Gasteiger partial charge in [-0.15, -0.1) is 0 Å². The average Bonchev–Trinajstić information content (AvgIpc) is 2.38. The maximum absolute atomic E-state index is 11.7. The molecule has 4 atom stereocenters. The Morgan fingerprint density at radius 2 is 2.10 bits per heavy atom. The maximum atomic E-state index is 11.7. The third kappa shape index (κ3) is 3.53. The van der Waals surface area contributed by atoms with Crippen molar-refractivity contribution in [2.24, 2.45) is 11.8 Å². The van der Waals surface area contributed by atoms with Crippen LogP contribution in [0.3, 0.4) is 0 Å². The molecule has 1 aliphatic carbocycles. The van der Waals surface area contributed by atoms with Gasteiger partial charge in [-0.2, -0.15) is 5.26 Å². The van der Waals surface area contributed by atoms with E-state index in [-0.39, 0.29) is 29.5 Å². The first kappa shape index (κ1) is 15.8. The zero-order valence-corrected chi connectivity index (χ0v) is 13.4. The van der Waals surface area contributed by atoms with Gasteiger partial charge in [-0.25, -0.2) is 8.42 Å². The molecule has 2 aliphatic rings. The summed E-state index contributed by atoms with van der Waals surface area (Å²) in [6.45, 7) is 4.81. The molecule has 2 fully saturated rings. The minimum Gasteiger partial charge on any atom is -0.294 e. The molecule has 4 nitrogen and oxygen atoms in total. The Balaban J connectivity index is 2.09. The molecular weight excluding hydrogens is 272 g/mol. The summed E-state index contributed by atoms with van der Waals surface area (Å²) in [7, 11) is -2.88. The molecule has 0 N–H and O–H groups in total. The zero-order valence-electron chi connectivity index (χ0n) is 12.6. The molecule has 0 aromatic rings. The van der Waals surface area contributed by atoms with Crippen LogP contribution in [0.15, 0.2) is 0 Å². The average molecular weight is 298 g/mol. The minimum absolute atomic E-state index is 0.0509. The molecule has 1 saturated heterocycles. The van der Waals surface area contributed by atoms with Crippen LogP contribution in [0.1, 0.15) is 46.0 Å². The quantitative estimate of drug-likeness (QED) is 0.801. The van der Waals surface area contributed by atoms with Crippen LogP contribution in [-0.2, 0) is 9.84 Å². The molecule has 0 bridgehead atoms. The van der Waals surface area contributed by atoms with E-state index in [1.54, 1.807) is 0 Å². The largest absolute Gasteiger partial charge is 0.294 e. The van der Waals surface area contributed by atoms with E-state index in [4.69, 9.17) is 0 Å². The van der Waals surface area contributed by atoms with Crippen LogP contribution in [-0.4, -0.2) is 43.5 Å². The van der Waals surface area contributed by atoms with Gasteiger partial charge in [-0.3, -0.25) is 4.90 Å². The van der Waals surface area contributed by atoms with E-state index < -0.39 is 9.84 Å². The van der Waals surface area contributed by atoms with Crippen LogP contribution >= 0.6 is 0 Å². The summed E-state index contributed by atoms with van der Waals surface area (Å²) in [5, 5.41) is 9.40. The predicted octanol–water partition coefficient (Wildman–Crippen LogP) is 2.21. The molecule has 1 aliphatic heterocycles. The van der Waals surface area contributed by atoms with Gasteiger partial charge in [0.25, 0.3) is 0 Å². The molecule has 5 heteroatoms. The topological polar surface area (TPSA) is 61.2 Å². The van der Waals surface area contributed by atoms with Crippen LogP contribution in [0, 0.1) is 23.2 Å². The molecule has 2 rings (SSSR count). The van der Waals surface area contributed by atoms with Crippen molar-refractivity contribution in [1.82, 2.24) is 4.90 Å². The van der Waals surface area contributed by atoms with Crippen LogP contribution in [0.2, 0.25) is 0 Å². The first-order chi connectivity index (χ1) is 9.46. The fourth-order valence-corrected chi connectivity index (χ4v) is 5.51. The molecule has 20 heavy (non-hydrogen) atoms.